The number of hydrogen-bond donors (Lipinski definition) is 2. The van der Waals surface area contributed by atoms with Crippen LogP contribution in [0.3, 0.4) is 0 Å². The van der Waals surface area contributed by atoms with Gasteiger partial charge in [-0.1, -0.05) is 35.3 Å². The topological polar surface area (TPSA) is 66.4 Å². The molecule has 0 bridgehead atoms. The summed E-state index contributed by atoms with van der Waals surface area (Å²) in [7, 11) is 0. The molecule has 1 unspecified atom stereocenters. The highest BCUT2D eigenvalue weighted by atomic mass is 35.5. The maximum absolute atomic E-state index is 14.2. The van der Waals surface area contributed by atoms with E-state index in [4.69, 9.17) is 23.2 Å². The van der Waals surface area contributed by atoms with Gasteiger partial charge in [0.25, 0.3) is 5.91 Å². The maximum atomic E-state index is 14.2. The number of pyridine rings is 1. The van der Waals surface area contributed by atoms with Gasteiger partial charge in [-0.15, -0.1) is 0 Å². The Balaban J connectivity index is 1.56. The van der Waals surface area contributed by atoms with Crippen molar-refractivity contribution >= 4 is 34.8 Å². The van der Waals surface area contributed by atoms with Crippen molar-refractivity contribution < 1.29 is 18.0 Å². The SMILES string of the molecule is Cc1cc(C2=NNC(c3cc(Cl)cc(Cl)c3)(C(F)(F)F)C2)ccc1C(=O)NCc1ccccn1. The van der Waals surface area contributed by atoms with Crippen molar-refractivity contribution in [3.63, 3.8) is 0 Å². The molecule has 34 heavy (non-hydrogen) atoms. The van der Waals surface area contributed by atoms with E-state index in [9.17, 15) is 18.0 Å². The molecule has 2 aromatic carbocycles. The van der Waals surface area contributed by atoms with Gasteiger partial charge in [-0.25, -0.2) is 0 Å². The molecule has 0 fully saturated rings. The van der Waals surface area contributed by atoms with E-state index in [2.05, 4.69) is 20.8 Å². The summed E-state index contributed by atoms with van der Waals surface area (Å²) in [6.45, 7) is 1.98. The molecular weight excluding hydrogens is 488 g/mol. The summed E-state index contributed by atoms with van der Waals surface area (Å²) in [5.41, 5.74) is 2.10. The fourth-order valence-corrected chi connectivity index (χ4v) is 4.35. The van der Waals surface area contributed by atoms with Crippen molar-refractivity contribution in [2.24, 2.45) is 5.10 Å². The van der Waals surface area contributed by atoms with Gasteiger partial charge in [0.15, 0.2) is 5.54 Å². The highest BCUT2D eigenvalue weighted by Gasteiger charge is 2.59. The summed E-state index contributed by atoms with van der Waals surface area (Å²) in [5, 5.41) is 6.99. The highest BCUT2D eigenvalue weighted by Crippen LogP contribution is 2.46. The summed E-state index contributed by atoms with van der Waals surface area (Å²) >= 11 is 11.9. The summed E-state index contributed by atoms with van der Waals surface area (Å²) in [6, 6.07) is 14.0. The number of aromatic nitrogens is 1. The zero-order chi connectivity index (χ0) is 24.5. The largest absolute Gasteiger partial charge is 0.417 e. The third-order valence-corrected chi connectivity index (χ3v) is 6.05. The summed E-state index contributed by atoms with van der Waals surface area (Å²) in [6.07, 6.45) is -3.50. The van der Waals surface area contributed by atoms with E-state index in [-0.39, 0.29) is 33.8 Å². The first-order valence-electron chi connectivity index (χ1n) is 10.3. The first-order valence-corrected chi connectivity index (χ1v) is 11.0. The lowest BCUT2D eigenvalue weighted by atomic mass is 9.84. The molecule has 0 saturated carbocycles. The second-order valence-corrected chi connectivity index (χ2v) is 8.81. The molecule has 0 aliphatic carbocycles. The molecule has 3 aromatic rings. The predicted molar refractivity (Wildman–Crippen MR) is 125 cm³/mol. The standard InChI is InChI=1S/C24H19Cl2F3N4O/c1-14-8-15(5-6-20(14)22(34)31-13-19-4-2-3-7-30-19)21-12-23(33-32-21,24(27,28)29)16-9-17(25)11-18(26)10-16/h2-11,33H,12-13H2,1H3,(H,31,34). The Hall–Kier alpha value is -3.10. The normalized spacial score (nSPS) is 17.8. The average molecular weight is 507 g/mol. The van der Waals surface area contributed by atoms with Crippen LogP contribution in [0.25, 0.3) is 0 Å². The van der Waals surface area contributed by atoms with Gasteiger partial charge in [0.05, 0.1) is 18.0 Å². The molecule has 176 valence electrons. The van der Waals surface area contributed by atoms with Gasteiger partial charge in [0.1, 0.15) is 0 Å². The second kappa shape index (κ2) is 9.27. The van der Waals surface area contributed by atoms with E-state index in [0.29, 0.717) is 22.4 Å². The first-order chi connectivity index (χ1) is 16.1. The van der Waals surface area contributed by atoms with E-state index in [1.165, 1.54) is 18.2 Å². The van der Waals surface area contributed by atoms with Crippen LogP contribution in [-0.2, 0) is 12.1 Å². The number of rotatable bonds is 5. The zero-order valence-electron chi connectivity index (χ0n) is 17.9. The quantitative estimate of drug-likeness (QED) is 0.460. The number of benzene rings is 2. The molecule has 2 heterocycles. The number of nitrogens with zero attached hydrogens (tertiary/aromatic N) is 2. The van der Waals surface area contributed by atoms with E-state index in [1.54, 1.807) is 43.5 Å². The van der Waals surface area contributed by atoms with E-state index in [0.717, 1.165) is 0 Å². The van der Waals surface area contributed by atoms with Crippen LogP contribution in [-0.4, -0.2) is 22.8 Å². The minimum atomic E-state index is -4.67. The minimum absolute atomic E-state index is 0.0956. The fourth-order valence-electron chi connectivity index (χ4n) is 3.82. The van der Waals surface area contributed by atoms with Gasteiger partial charge in [0.2, 0.25) is 0 Å². The highest BCUT2D eigenvalue weighted by molar-refractivity contribution is 6.34. The van der Waals surface area contributed by atoms with Crippen LogP contribution in [0.15, 0.2) is 65.9 Å². The molecule has 0 saturated heterocycles. The van der Waals surface area contributed by atoms with Crippen molar-refractivity contribution in [2.45, 2.75) is 31.6 Å². The van der Waals surface area contributed by atoms with Crippen LogP contribution in [0.5, 0.6) is 0 Å². The summed E-state index contributed by atoms with van der Waals surface area (Å²) < 4.78 is 42.7. The number of amides is 1. The molecule has 5 nitrogen and oxygen atoms in total. The molecule has 10 heteroatoms. The number of carbonyl (C=O) groups is 1. The first kappa shape index (κ1) is 24.0. The van der Waals surface area contributed by atoms with Gasteiger partial charge in [-0.3, -0.25) is 15.2 Å². The van der Waals surface area contributed by atoms with Crippen LogP contribution in [0.1, 0.15) is 39.2 Å². The van der Waals surface area contributed by atoms with Gasteiger partial charge in [-0.05, 0) is 66.1 Å². The van der Waals surface area contributed by atoms with Crippen LogP contribution < -0.4 is 10.7 Å². The molecule has 0 radical (unpaired) electrons. The molecular formula is C24H19Cl2F3N4O. The van der Waals surface area contributed by atoms with Crippen LogP contribution >= 0.6 is 23.2 Å². The molecule has 0 spiro atoms. The lowest BCUT2D eigenvalue weighted by Crippen LogP contribution is -2.49. The molecule has 2 N–H and O–H groups in total. The van der Waals surface area contributed by atoms with E-state index in [1.807, 2.05) is 6.07 Å². The van der Waals surface area contributed by atoms with Crippen molar-refractivity contribution in [3.05, 3.63) is 98.8 Å². The average Bonchev–Trinajstić information content (AvgIpc) is 3.25. The second-order valence-electron chi connectivity index (χ2n) is 7.94. The minimum Gasteiger partial charge on any atom is -0.346 e. The van der Waals surface area contributed by atoms with E-state index < -0.39 is 18.1 Å². The molecule has 1 aliphatic rings. The van der Waals surface area contributed by atoms with Crippen molar-refractivity contribution in [3.8, 4) is 0 Å². The fraction of sp³-hybridized carbons (Fsp3) is 0.208. The van der Waals surface area contributed by atoms with E-state index >= 15 is 0 Å². The number of hydrazone groups is 1. The van der Waals surface area contributed by atoms with Crippen molar-refractivity contribution in [1.29, 1.82) is 0 Å². The summed E-state index contributed by atoms with van der Waals surface area (Å²) in [4.78, 5) is 16.8. The Bertz CT molecular complexity index is 1240. The van der Waals surface area contributed by atoms with Gasteiger partial charge in [0, 0.05) is 28.2 Å². The smallest absolute Gasteiger partial charge is 0.346 e. The van der Waals surface area contributed by atoms with Crippen molar-refractivity contribution in [2.75, 3.05) is 0 Å². The Morgan fingerprint density at radius 1 is 1.12 bits per heavy atom. The monoisotopic (exact) mass is 506 g/mol. The molecule has 1 aromatic heterocycles. The summed E-state index contributed by atoms with van der Waals surface area (Å²) in [5.74, 6) is -0.306. The third-order valence-electron chi connectivity index (χ3n) is 5.61. The number of nitrogens with one attached hydrogen (secondary N) is 2. The lowest BCUT2D eigenvalue weighted by molar-refractivity contribution is -0.196. The number of alkyl halides is 3. The van der Waals surface area contributed by atoms with Gasteiger partial charge >= 0.3 is 6.18 Å². The Kier molecular flexibility index (Phi) is 6.55. The predicted octanol–water partition coefficient (Wildman–Crippen LogP) is 5.78. The number of halogens is 5. The maximum Gasteiger partial charge on any atom is 0.417 e. The van der Waals surface area contributed by atoms with Crippen LogP contribution in [0, 0.1) is 6.92 Å². The zero-order valence-corrected chi connectivity index (χ0v) is 19.4. The molecule has 1 atom stereocenters. The van der Waals surface area contributed by atoms with Gasteiger partial charge < -0.3 is 5.32 Å². The lowest BCUT2D eigenvalue weighted by Gasteiger charge is -2.32. The number of aryl methyl sites for hydroxylation is 1. The molecule has 4 rings (SSSR count). The Morgan fingerprint density at radius 2 is 1.85 bits per heavy atom. The Labute approximate surface area is 204 Å². The Morgan fingerprint density at radius 3 is 2.47 bits per heavy atom. The molecule has 1 aliphatic heterocycles. The van der Waals surface area contributed by atoms with Crippen molar-refractivity contribution in [1.82, 2.24) is 15.7 Å². The molecule has 1 amide bonds. The van der Waals surface area contributed by atoms with Crippen LogP contribution in [0.2, 0.25) is 10.0 Å². The third kappa shape index (κ3) is 4.74. The van der Waals surface area contributed by atoms with Gasteiger partial charge in [-0.2, -0.15) is 18.3 Å². The number of hydrogen-bond acceptors (Lipinski definition) is 4. The number of carbonyl (C=O) groups excluding carboxylic acids is 1. The van der Waals surface area contributed by atoms with Crippen LogP contribution in [0.4, 0.5) is 13.2 Å².